The van der Waals surface area contributed by atoms with Crippen LogP contribution in [0.15, 0.2) is 41.0 Å². The van der Waals surface area contributed by atoms with E-state index in [4.69, 9.17) is 4.74 Å². The maximum absolute atomic E-state index is 12.4. The van der Waals surface area contributed by atoms with Crippen LogP contribution in [0, 0.1) is 0 Å². The van der Waals surface area contributed by atoms with Crippen molar-refractivity contribution in [3.05, 3.63) is 46.6 Å². The zero-order chi connectivity index (χ0) is 15.2. The van der Waals surface area contributed by atoms with Crippen molar-refractivity contribution in [1.82, 2.24) is 4.98 Å². The molecule has 0 aliphatic rings. The van der Waals surface area contributed by atoms with Crippen molar-refractivity contribution in [2.75, 3.05) is 24.3 Å². The summed E-state index contributed by atoms with van der Waals surface area (Å²) in [7, 11) is 1.58. The van der Waals surface area contributed by atoms with Crippen molar-refractivity contribution in [2.45, 2.75) is 6.92 Å². The van der Waals surface area contributed by atoms with Gasteiger partial charge in [0, 0.05) is 24.5 Å². The van der Waals surface area contributed by atoms with Crippen molar-refractivity contribution >= 4 is 33.3 Å². The Hall–Kier alpha value is -2.08. The van der Waals surface area contributed by atoms with Crippen LogP contribution in [-0.2, 0) is 0 Å². The van der Waals surface area contributed by atoms with Crippen LogP contribution in [0.1, 0.15) is 17.3 Å². The highest BCUT2D eigenvalue weighted by Crippen LogP contribution is 2.28. The smallest absolute Gasteiger partial charge is 0.259 e. The number of nitrogens with one attached hydrogen (secondary N) is 2. The Labute approximate surface area is 131 Å². The first-order valence-electron chi connectivity index (χ1n) is 6.49. The van der Waals surface area contributed by atoms with Gasteiger partial charge in [-0.15, -0.1) is 0 Å². The van der Waals surface area contributed by atoms with E-state index in [1.165, 1.54) is 0 Å². The molecule has 5 nitrogen and oxygen atoms in total. The lowest BCUT2D eigenvalue weighted by Crippen LogP contribution is -2.15. The second-order valence-corrected chi connectivity index (χ2v) is 5.09. The van der Waals surface area contributed by atoms with Crippen molar-refractivity contribution in [3.63, 3.8) is 0 Å². The van der Waals surface area contributed by atoms with Crippen molar-refractivity contribution < 1.29 is 9.53 Å². The molecule has 0 spiro atoms. The summed E-state index contributed by atoms with van der Waals surface area (Å²) in [6.07, 6.45) is 1.65. The van der Waals surface area contributed by atoms with E-state index in [1.807, 2.05) is 13.0 Å². The molecule has 2 N–H and O–H groups in total. The van der Waals surface area contributed by atoms with Gasteiger partial charge in [-0.3, -0.25) is 4.79 Å². The summed E-state index contributed by atoms with van der Waals surface area (Å²) in [4.78, 5) is 16.5. The van der Waals surface area contributed by atoms with E-state index in [0.717, 1.165) is 4.47 Å². The minimum atomic E-state index is -0.219. The first kappa shape index (κ1) is 15.3. The minimum absolute atomic E-state index is 0.219. The predicted octanol–water partition coefficient (Wildman–Crippen LogP) is 3.54. The molecular weight excluding hydrogens is 334 g/mol. The largest absolute Gasteiger partial charge is 0.495 e. The minimum Gasteiger partial charge on any atom is -0.495 e. The van der Waals surface area contributed by atoms with Crippen molar-refractivity contribution in [1.29, 1.82) is 0 Å². The summed E-state index contributed by atoms with van der Waals surface area (Å²) in [5, 5.41) is 5.91. The molecule has 0 saturated carbocycles. The zero-order valence-electron chi connectivity index (χ0n) is 11.8. The number of aromatic nitrogens is 1. The third-order valence-electron chi connectivity index (χ3n) is 2.81. The number of carbonyl (C=O) groups is 1. The molecule has 0 fully saturated rings. The molecule has 1 aromatic heterocycles. The first-order chi connectivity index (χ1) is 10.2. The summed E-state index contributed by atoms with van der Waals surface area (Å²) < 4.78 is 6.04. The maximum atomic E-state index is 12.4. The Bertz CT molecular complexity index is 647. The average Bonchev–Trinajstić information content (AvgIpc) is 2.50. The summed E-state index contributed by atoms with van der Waals surface area (Å²) >= 11 is 3.38. The number of amides is 1. The SMILES string of the molecule is CCNc1ncccc1C(=O)Nc1ccc(Br)c(OC)c1. The molecule has 2 aromatic rings. The van der Waals surface area contributed by atoms with Gasteiger partial charge >= 0.3 is 0 Å². The van der Waals surface area contributed by atoms with Crippen LogP contribution in [0.5, 0.6) is 5.75 Å². The highest BCUT2D eigenvalue weighted by Gasteiger charge is 2.12. The van der Waals surface area contributed by atoms with Gasteiger partial charge in [-0.25, -0.2) is 4.98 Å². The molecular formula is C15H16BrN3O2. The zero-order valence-corrected chi connectivity index (χ0v) is 13.4. The molecule has 0 bridgehead atoms. The molecule has 6 heteroatoms. The summed E-state index contributed by atoms with van der Waals surface area (Å²) in [5.41, 5.74) is 1.16. The van der Waals surface area contributed by atoms with Crippen molar-refractivity contribution in [2.24, 2.45) is 0 Å². The third kappa shape index (κ3) is 3.72. The fraction of sp³-hybridized carbons (Fsp3) is 0.200. The number of halogens is 1. The number of carbonyl (C=O) groups excluding carboxylic acids is 1. The highest BCUT2D eigenvalue weighted by atomic mass is 79.9. The second-order valence-electron chi connectivity index (χ2n) is 4.23. The average molecular weight is 350 g/mol. The molecule has 110 valence electrons. The predicted molar refractivity (Wildman–Crippen MR) is 87.0 cm³/mol. The summed E-state index contributed by atoms with van der Waals surface area (Å²) in [5.74, 6) is 1.01. The summed E-state index contributed by atoms with van der Waals surface area (Å²) in [6.45, 7) is 2.65. The molecule has 1 amide bonds. The molecule has 0 unspecified atom stereocenters. The third-order valence-corrected chi connectivity index (χ3v) is 3.46. The van der Waals surface area contributed by atoms with Crippen LogP contribution in [0.3, 0.4) is 0 Å². The quantitative estimate of drug-likeness (QED) is 0.866. The van der Waals surface area contributed by atoms with Gasteiger partial charge in [-0.05, 0) is 47.1 Å². The lowest BCUT2D eigenvalue weighted by molar-refractivity contribution is 0.102. The molecule has 1 heterocycles. The number of pyridine rings is 1. The van der Waals surface area contributed by atoms with E-state index in [0.29, 0.717) is 29.4 Å². The van der Waals surface area contributed by atoms with Gasteiger partial charge in [0.1, 0.15) is 11.6 Å². The fourth-order valence-corrected chi connectivity index (χ4v) is 2.24. The molecule has 1 aromatic carbocycles. The van der Waals surface area contributed by atoms with E-state index in [2.05, 4.69) is 31.5 Å². The molecule has 0 aliphatic carbocycles. The lowest BCUT2D eigenvalue weighted by atomic mass is 10.2. The normalized spacial score (nSPS) is 10.0. The Morgan fingerprint density at radius 2 is 2.19 bits per heavy atom. The monoisotopic (exact) mass is 349 g/mol. The van der Waals surface area contributed by atoms with Gasteiger partial charge in [-0.1, -0.05) is 0 Å². The molecule has 0 aliphatic heterocycles. The van der Waals surface area contributed by atoms with Crippen LogP contribution >= 0.6 is 15.9 Å². The number of methoxy groups -OCH3 is 1. The van der Waals surface area contributed by atoms with Crippen LogP contribution < -0.4 is 15.4 Å². The first-order valence-corrected chi connectivity index (χ1v) is 7.28. The molecule has 2 rings (SSSR count). The highest BCUT2D eigenvalue weighted by molar-refractivity contribution is 9.10. The van der Waals surface area contributed by atoms with Crippen LogP contribution in [0.25, 0.3) is 0 Å². The molecule has 0 atom stereocenters. The maximum Gasteiger partial charge on any atom is 0.259 e. The van der Waals surface area contributed by atoms with Gasteiger partial charge in [0.15, 0.2) is 0 Å². The van der Waals surface area contributed by atoms with Crippen LogP contribution in [0.2, 0.25) is 0 Å². The Morgan fingerprint density at radius 1 is 1.38 bits per heavy atom. The van der Waals surface area contributed by atoms with E-state index < -0.39 is 0 Å². The van der Waals surface area contributed by atoms with Gasteiger partial charge in [0.2, 0.25) is 0 Å². The molecule has 0 saturated heterocycles. The van der Waals surface area contributed by atoms with E-state index in [1.54, 1.807) is 37.6 Å². The molecule has 0 radical (unpaired) electrons. The van der Waals surface area contributed by atoms with Crippen molar-refractivity contribution in [3.8, 4) is 5.75 Å². The fourth-order valence-electron chi connectivity index (χ4n) is 1.83. The van der Waals surface area contributed by atoms with E-state index >= 15 is 0 Å². The Morgan fingerprint density at radius 3 is 2.90 bits per heavy atom. The number of anilines is 2. The Balaban J connectivity index is 2.22. The number of hydrogen-bond donors (Lipinski definition) is 2. The van der Waals surface area contributed by atoms with Gasteiger partial charge < -0.3 is 15.4 Å². The van der Waals surface area contributed by atoms with Crippen LogP contribution in [-0.4, -0.2) is 24.5 Å². The topological polar surface area (TPSA) is 63.2 Å². The second kappa shape index (κ2) is 7.08. The number of rotatable bonds is 5. The van der Waals surface area contributed by atoms with Gasteiger partial charge in [0.25, 0.3) is 5.91 Å². The number of hydrogen-bond acceptors (Lipinski definition) is 4. The Kier molecular flexibility index (Phi) is 5.16. The molecule has 21 heavy (non-hydrogen) atoms. The van der Waals surface area contributed by atoms with Crippen LogP contribution in [0.4, 0.5) is 11.5 Å². The van der Waals surface area contributed by atoms with E-state index in [9.17, 15) is 4.79 Å². The van der Waals surface area contributed by atoms with Gasteiger partial charge in [-0.2, -0.15) is 0 Å². The number of ether oxygens (including phenoxy) is 1. The lowest BCUT2D eigenvalue weighted by Gasteiger charge is -2.11. The number of nitrogens with zero attached hydrogens (tertiary/aromatic N) is 1. The summed E-state index contributed by atoms with van der Waals surface area (Å²) in [6, 6.07) is 8.84. The number of benzene rings is 1. The van der Waals surface area contributed by atoms with E-state index in [-0.39, 0.29) is 5.91 Å². The van der Waals surface area contributed by atoms with Gasteiger partial charge in [0.05, 0.1) is 17.1 Å². The standard InChI is InChI=1S/C15H16BrN3O2/c1-3-17-14-11(5-4-8-18-14)15(20)19-10-6-7-12(16)13(9-10)21-2/h4-9H,3H2,1-2H3,(H,17,18)(H,19,20).